The van der Waals surface area contributed by atoms with Gasteiger partial charge in [-0.25, -0.2) is 4.98 Å². The molecule has 1 aliphatic heterocycles. The normalized spacial score (nSPS) is 16.1. The first-order chi connectivity index (χ1) is 13.0. The summed E-state index contributed by atoms with van der Waals surface area (Å²) in [7, 11) is 0. The van der Waals surface area contributed by atoms with Crippen LogP contribution in [0.5, 0.6) is 0 Å². The Morgan fingerprint density at radius 3 is 2.70 bits per heavy atom. The lowest BCUT2D eigenvalue weighted by Gasteiger charge is -2.24. The molecule has 5 nitrogen and oxygen atoms in total. The number of benzene rings is 1. The zero-order valence-electron chi connectivity index (χ0n) is 15.5. The molecule has 27 heavy (non-hydrogen) atoms. The monoisotopic (exact) mass is 405 g/mol. The maximum atomic E-state index is 12.9. The standard InChI is InChI=1S/C20H24ClN3O2S/c1-3-10-24-19(26)16-13-15(21)8-9-17(16)22-20(24)27-14(2)18(25)23-11-6-4-5-7-12-23/h3,8-9,13-14H,1,4-7,10-12H2,2H3/t14-/m1/s1. The summed E-state index contributed by atoms with van der Waals surface area (Å²) in [5.41, 5.74) is 0.418. The van der Waals surface area contributed by atoms with Crippen LogP contribution in [0.25, 0.3) is 10.9 Å². The Bertz CT molecular complexity index is 904. The summed E-state index contributed by atoms with van der Waals surface area (Å²) >= 11 is 7.37. The molecule has 0 unspecified atom stereocenters. The van der Waals surface area contributed by atoms with E-state index in [1.54, 1.807) is 28.8 Å². The molecule has 2 heterocycles. The largest absolute Gasteiger partial charge is 0.342 e. The number of thioether (sulfide) groups is 1. The van der Waals surface area contributed by atoms with Crippen molar-refractivity contribution in [3.8, 4) is 0 Å². The fourth-order valence-corrected chi connectivity index (χ4v) is 4.48. The van der Waals surface area contributed by atoms with Gasteiger partial charge >= 0.3 is 0 Å². The summed E-state index contributed by atoms with van der Waals surface area (Å²) < 4.78 is 1.56. The Hall–Kier alpha value is -1.79. The van der Waals surface area contributed by atoms with Crippen LogP contribution in [0.3, 0.4) is 0 Å². The molecule has 1 amide bonds. The van der Waals surface area contributed by atoms with Gasteiger partial charge in [0.15, 0.2) is 5.16 Å². The molecule has 144 valence electrons. The lowest BCUT2D eigenvalue weighted by atomic mass is 10.2. The minimum atomic E-state index is -0.309. The molecule has 0 spiro atoms. The van der Waals surface area contributed by atoms with Crippen LogP contribution in [0, 0.1) is 0 Å². The van der Waals surface area contributed by atoms with Crippen LogP contribution in [-0.2, 0) is 11.3 Å². The summed E-state index contributed by atoms with van der Waals surface area (Å²) in [6, 6.07) is 5.09. The third-order valence-corrected chi connectivity index (χ3v) is 6.05. The predicted octanol–water partition coefficient (Wildman–Crippen LogP) is 4.12. The highest BCUT2D eigenvalue weighted by atomic mass is 35.5. The Balaban J connectivity index is 1.91. The van der Waals surface area contributed by atoms with Gasteiger partial charge < -0.3 is 4.90 Å². The number of aromatic nitrogens is 2. The minimum Gasteiger partial charge on any atom is -0.342 e. The highest BCUT2D eigenvalue weighted by Gasteiger charge is 2.24. The summed E-state index contributed by atoms with van der Waals surface area (Å²) in [4.78, 5) is 32.3. The fourth-order valence-electron chi connectivity index (χ4n) is 3.31. The molecule has 0 N–H and O–H groups in total. The fraction of sp³-hybridized carbons (Fsp3) is 0.450. The number of likely N-dealkylation sites (tertiary alicyclic amines) is 1. The van der Waals surface area contributed by atoms with E-state index in [1.807, 2.05) is 11.8 Å². The van der Waals surface area contributed by atoms with Crippen LogP contribution in [-0.4, -0.2) is 38.7 Å². The molecular weight excluding hydrogens is 382 g/mol. The molecule has 0 aliphatic carbocycles. The number of rotatable bonds is 5. The highest BCUT2D eigenvalue weighted by molar-refractivity contribution is 8.00. The molecule has 1 atom stereocenters. The Morgan fingerprint density at radius 2 is 2.04 bits per heavy atom. The zero-order valence-corrected chi connectivity index (χ0v) is 17.1. The van der Waals surface area contributed by atoms with E-state index in [9.17, 15) is 9.59 Å². The van der Waals surface area contributed by atoms with Crippen molar-refractivity contribution in [1.82, 2.24) is 14.5 Å². The second-order valence-corrected chi connectivity index (χ2v) is 8.50. The van der Waals surface area contributed by atoms with Crippen LogP contribution in [0.4, 0.5) is 0 Å². The van der Waals surface area contributed by atoms with Crippen molar-refractivity contribution in [2.75, 3.05) is 13.1 Å². The first kappa shape index (κ1) is 20.0. The van der Waals surface area contributed by atoms with Gasteiger partial charge in [0.05, 0.1) is 16.2 Å². The van der Waals surface area contributed by atoms with Gasteiger partial charge in [-0.15, -0.1) is 6.58 Å². The summed E-state index contributed by atoms with van der Waals surface area (Å²) in [6.45, 7) is 7.58. The van der Waals surface area contributed by atoms with E-state index in [0.29, 0.717) is 27.6 Å². The van der Waals surface area contributed by atoms with Crippen LogP contribution in [0.15, 0.2) is 40.8 Å². The zero-order chi connectivity index (χ0) is 19.4. The summed E-state index contributed by atoms with van der Waals surface area (Å²) in [5.74, 6) is 0.109. The van der Waals surface area contributed by atoms with Gasteiger partial charge in [0.2, 0.25) is 5.91 Å². The van der Waals surface area contributed by atoms with E-state index in [-0.39, 0.29) is 16.7 Å². The van der Waals surface area contributed by atoms with E-state index in [1.165, 1.54) is 24.6 Å². The second-order valence-electron chi connectivity index (χ2n) is 6.76. The van der Waals surface area contributed by atoms with E-state index in [4.69, 9.17) is 11.6 Å². The van der Waals surface area contributed by atoms with Crippen molar-refractivity contribution in [2.24, 2.45) is 0 Å². The maximum absolute atomic E-state index is 12.9. The molecule has 0 bridgehead atoms. The van der Waals surface area contributed by atoms with Gasteiger partial charge in [-0.2, -0.15) is 0 Å². The number of hydrogen-bond donors (Lipinski definition) is 0. The molecule has 3 rings (SSSR count). The van der Waals surface area contributed by atoms with E-state index in [0.717, 1.165) is 25.9 Å². The number of fused-ring (bicyclic) bond motifs is 1. The van der Waals surface area contributed by atoms with Crippen molar-refractivity contribution in [3.63, 3.8) is 0 Å². The van der Waals surface area contributed by atoms with Crippen LogP contribution in [0.2, 0.25) is 5.02 Å². The number of allylic oxidation sites excluding steroid dienone is 1. The van der Waals surface area contributed by atoms with Gasteiger partial charge in [-0.05, 0) is 38.0 Å². The summed E-state index contributed by atoms with van der Waals surface area (Å²) in [6.07, 6.45) is 6.13. The average Bonchev–Trinajstić information content (AvgIpc) is 2.94. The summed E-state index contributed by atoms with van der Waals surface area (Å²) in [5, 5.41) is 1.19. The van der Waals surface area contributed by atoms with E-state index >= 15 is 0 Å². The SMILES string of the molecule is C=CCn1c(S[C@H](C)C(=O)N2CCCCCC2)nc2ccc(Cl)cc2c1=O. The molecule has 1 aliphatic rings. The van der Waals surface area contributed by atoms with Crippen molar-refractivity contribution in [3.05, 3.63) is 46.2 Å². The molecule has 1 aromatic heterocycles. The van der Waals surface area contributed by atoms with Crippen molar-refractivity contribution in [1.29, 1.82) is 0 Å². The van der Waals surface area contributed by atoms with E-state index in [2.05, 4.69) is 11.6 Å². The predicted molar refractivity (Wildman–Crippen MR) is 112 cm³/mol. The lowest BCUT2D eigenvalue weighted by Crippen LogP contribution is -2.37. The lowest BCUT2D eigenvalue weighted by molar-refractivity contribution is -0.130. The number of amides is 1. The molecular formula is C20H24ClN3O2S. The molecule has 0 radical (unpaired) electrons. The molecule has 1 fully saturated rings. The minimum absolute atomic E-state index is 0.109. The number of hydrogen-bond acceptors (Lipinski definition) is 4. The Morgan fingerprint density at radius 1 is 1.33 bits per heavy atom. The number of carbonyl (C=O) groups excluding carboxylic acids is 1. The van der Waals surface area contributed by atoms with Gasteiger partial charge in [0, 0.05) is 24.7 Å². The van der Waals surface area contributed by atoms with Gasteiger partial charge in [0.1, 0.15) is 0 Å². The van der Waals surface area contributed by atoms with Gasteiger partial charge in [-0.1, -0.05) is 42.3 Å². The third kappa shape index (κ3) is 4.55. The molecule has 2 aromatic rings. The van der Waals surface area contributed by atoms with Gasteiger partial charge in [-0.3, -0.25) is 14.2 Å². The maximum Gasteiger partial charge on any atom is 0.262 e. The Kier molecular flexibility index (Phi) is 6.60. The number of carbonyl (C=O) groups is 1. The average molecular weight is 406 g/mol. The smallest absolute Gasteiger partial charge is 0.262 e. The van der Waals surface area contributed by atoms with Crippen LogP contribution < -0.4 is 5.56 Å². The topological polar surface area (TPSA) is 55.2 Å². The first-order valence-electron chi connectivity index (χ1n) is 9.27. The van der Waals surface area contributed by atoms with Crippen molar-refractivity contribution >= 4 is 40.2 Å². The first-order valence-corrected chi connectivity index (χ1v) is 10.5. The van der Waals surface area contributed by atoms with E-state index < -0.39 is 0 Å². The number of halogens is 1. The van der Waals surface area contributed by atoms with Crippen molar-refractivity contribution in [2.45, 2.75) is 49.6 Å². The van der Waals surface area contributed by atoms with Gasteiger partial charge in [0.25, 0.3) is 5.56 Å². The van der Waals surface area contributed by atoms with Crippen LogP contribution >= 0.6 is 23.4 Å². The molecule has 0 saturated carbocycles. The quantitative estimate of drug-likeness (QED) is 0.426. The molecule has 1 saturated heterocycles. The Labute approximate surface area is 168 Å². The molecule has 1 aromatic carbocycles. The number of nitrogens with zero attached hydrogens (tertiary/aromatic N) is 3. The van der Waals surface area contributed by atoms with Crippen LogP contribution in [0.1, 0.15) is 32.6 Å². The highest BCUT2D eigenvalue weighted by Crippen LogP contribution is 2.25. The third-order valence-electron chi connectivity index (χ3n) is 4.74. The van der Waals surface area contributed by atoms with Crippen molar-refractivity contribution < 1.29 is 4.79 Å². The second kappa shape index (κ2) is 8.93. The molecule has 7 heteroatoms.